The zero-order valence-electron chi connectivity index (χ0n) is 11.3. The molecule has 0 saturated carbocycles. The van der Waals surface area contributed by atoms with Crippen LogP contribution in [0.3, 0.4) is 0 Å². The first-order valence-corrected chi connectivity index (χ1v) is 7.57. The van der Waals surface area contributed by atoms with Gasteiger partial charge in [-0.25, -0.2) is 0 Å². The number of carbonyl (C=O) groups is 1. The monoisotopic (exact) mass is 306 g/mol. The molecule has 0 atom stereocenters. The Hall–Kier alpha value is -2.18. The minimum absolute atomic E-state index is 0.00787. The standard InChI is InChI=1S/C15H14O5S/c1-11-2-6-14(7-3-11)21(18,19)20-15-8-12(9-16)4-5-13(15)10-17/h2-9,17H,10H2,1H3. The maximum absolute atomic E-state index is 12.2. The van der Waals surface area contributed by atoms with Crippen LogP contribution in [0.5, 0.6) is 5.75 Å². The van der Waals surface area contributed by atoms with Crippen molar-refractivity contribution >= 4 is 16.4 Å². The van der Waals surface area contributed by atoms with Gasteiger partial charge in [-0.1, -0.05) is 29.8 Å². The summed E-state index contributed by atoms with van der Waals surface area (Å²) in [4.78, 5) is 10.8. The Morgan fingerprint density at radius 2 is 1.81 bits per heavy atom. The second kappa shape index (κ2) is 6.07. The summed E-state index contributed by atoms with van der Waals surface area (Å²) in [5, 5.41) is 9.22. The minimum atomic E-state index is -4.01. The highest BCUT2D eigenvalue weighted by atomic mass is 32.2. The number of rotatable bonds is 5. The summed E-state index contributed by atoms with van der Waals surface area (Å²) in [5.41, 5.74) is 1.48. The first-order chi connectivity index (χ1) is 9.96. The molecule has 110 valence electrons. The van der Waals surface area contributed by atoms with Crippen molar-refractivity contribution in [3.05, 3.63) is 59.2 Å². The summed E-state index contributed by atoms with van der Waals surface area (Å²) in [5.74, 6) is -0.0531. The Balaban J connectivity index is 2.40. The molecule has 0 bridgehead atoms. The number of benzene rings is 2. The number of hydrogen-bond donors (Lipinski definition) is 1. The highest BCUT2D eigenvalue weighted by Crippen LogP contribution is 2.24. The Kier molecular flexibility index (Phi) is 4.40. The lowest BCUT2D eigenvalue weighted by Gasteiger charge is -2.11. The number of hydrogen-bond acceptors (Lipinski definition) is 5. The Labute approximate surface area is 122 Å². The van der Waals surface area contributed by atoms with Gasteiger partial charge in [0.1, 0.15) is 16.9 Å². The molecule has 1 N–H and O–H groups in total. The van der Waals surface area contributed by atoms with Crippen LogP contribution in [0.15, 0.2) is 47.4 Å². The number of aryl methyl sites for hydroxylation is 1. The summed E-state index contributed by atoms with van der Waals surface area (Å²) in [6.07, 6.45) is 0.576. The smallest absolute Gasteiger partial charge is 0.339 e. The lowest BCUT2D eigenvalue weighted by atomic mass is 10.1. The van der Waals surface area contributed by atoms with E-state index in [9.17, 15) is 18.3 Å². The minimum Gasteiger partial charge on any atom is -0.392 e. The van der Waals surface area contributed by atoms with Crippen molar-refractivity contribution in [3.8, 4) is 5.75 Å². The molecule has 0 aliphatic heterocycles. The Morgan fingerprint density at radius 3 is 2.38 bits per heavy atom. The van der Waals surface area contributed by atoms with E-state index in [0.29, 0.717) is 6.29 Å². The van der Waals surface area contributed by atoms with Crippen molar-refractivity contribution in [1.29, 1.82) is 0 Å². The second-order valence-corrected chi connectivity index (χ2v) is 6.04. The summed E-state index contributed by atoms with van der Waals surface area (Å²) in [7, 11) is -4.01. The van der Waals surface area contributed by atoms with E-state index in [2.05, 4.69) is 0 Å². The maximum atomic E-state index is 12.2. The van der Waals surface area contributed by atoms with Gasteiger partial charge >= 0.3 is 10.1 Å². The average Bonchev–Trinajstić information content (AvgIpc) is 2.47. The van der Waals surface area contributed by atoms with Crippen LogP contribution in [0.4, 0.5) is 0 Å². The number of aliphatic hydroxyl groups is 1. The lowest BCUT2D eigenvalue weighted by Crippen LogP contribution is -2.11. The number of aldehydes is 1. The zero-order valence-corrected chi connectivity index (χ0v) is 12.1. The Morgan fingerprint density at radius 1 is 1.14 bits per heavy atom. The molecule has 0 radical (unpaired) electrons. The predicted octanol–water partition coefficient (Wildman–Crippen LogP) is 2.07. The van der Waals surface area contributed by atoms with E-state index < -0.39 is 16.7 Å². The second-order valence-electron chi connectivity index (χ2n) is 4.49. The van der Waals surface area contributed by atoms with Crippen LogP contribution in [-0.4, -0.2) is 19.8 Å². The molecule has 0 spiro atoms. The number of carbonyl (C=O) groups excluding carboxylic acids is 1. The van der Waals surface area contributed by atoms with Crippen LogP contribution < -0.4 is 4.18 Å². The summed E-state index contributed by atoms with van der Waals surface area (Å²) >= 11 is 0. The first kappa shape index (κ1) is 15.2. The van der Waals surface area contributed by atoms with Gasteiger partial charge in [0.05, 0.1) is 6.61 Å². The van der Waals surface area contributed by atoms with Gasteiger partial charge in [-0.15, -0.1) is 0 Å². The molecule has 0 aromatic heterocycles. The molecule has 0 fully saturated rings. The van der Waals surface area contributed by atoms with E-state index in [0.717, 1.165) is 5.56 Å². The van der Waals surface area contributed by atoms with Gasteiger partial charge in [0.15, 0.2) is 0 Å². The fraction of sp³-hybridized carbons (Fsp3) is 0.133. The van der Waals surface area contributed by atoms with Gasteiger partial charge in [-0.2, -0.15) is 8.42 Å². The average molecular weight is 306 g/mol. The van der Waals surface area contributed by atoms with Crippen LogP contribution in [-0.2, 0) is 16.7 Å². The highest BCUT2D eigenvalue weighted by molar-refractivity contribution is 7.87. The predicted molar refractivity (Wildman–Crippen MR) is 76.7 cm³/mol. The molecule has 2 aromatic rings. The summed E-state index contributed by atoms with van der Waals surface area (Å²) in [6.45, 7) is 1.45. The van der Waals surface area contributed by atoms with Gasteiger partial charge in [0.2, 0.25) is 0 Å². The molecular formula is C15H14O5S. The van der Waals surface area contributed by atoms with Gasteiger partial charge in [0, 0.05) is 11.1 Å². The first-order valence-electron chi connectivity index (χ1n) is 6.16. The normalized spacial score (nSPS) is 11.1. The third-order valence-electron chi connectivity index (χ3n) is 2.91. The van der Waals surface area contributed by atoms with E-state index in [1.54, 1.807) is 12.1 Å². The molecule has 0 aliphatic carbocycles. The van der Waals surface area contributed by atoms with Gasteiger partial charge < -0.3 is 9.29 Å². The van der Waals surface area contributed by atoms with Gasteiger partial charge in [-0.05, 0) is 25.1 Å². The van der Waals surface area contributed by atoms with E-state index in [1.807, 2.05) is 6.92 Å². The van der Waals surface area contributed by atoms with Crippen molar-refractivity contribution in [3.63, 3.8) is 0 Å². The van der Waals surface area contributed by atoms with Crippen molar-refractivity contribution in [2.75, 3.05) is 0 Å². The molecule has 0 amide bonds. The third kappa shape index (κ3) is 3.48. The highest BCUT2D eigenvalue weighted by Gasteiger charge is 2.18. The molecule has 0 saturated heterocycles. The topological polar surface area (TPSA) is 80.7 Å². The SMILES string of the molecule is Cc1ccc(S(=O)(=O)Oc2cc(C=O)ccc2CO)cc1. The van der Waals surface area contributed by atoms with Gasteiger partial charge in [-0.3, -0.25) is 4.79 Å². The molecule has 6 heteroatoms. The third-order valence-corrected chi connectivity index (χ3v) is 4.16. The summed E-state index contributed by atoms with van der Waals surface area (Å²) in [6, 6.07) is 10.4. The van der Waals surface area contributed by atoms with E-state index >= 15 is 0 Å². The number of aliphatic hydroxyl groups excluding tert-OH is 1. The summed E-state index contributed by atoms with van der Waals surface area (Å²) < 4.78 is 29.4. The van der Waals surface area contributed by atoms with Crippen molar-refractivity contribution in [2.45, 2.75) is 18.4 Å². The maximum Gasteiger partial charge on any atom is 0.339 e. The van der Waals surface area contributed by atoms with Crippen LogP contribution in [0.2, 0.25) is 0 Å². The Bertz CT molecular complexity index is 748. The fourth-order valence-electron chi connectivity index (χ4n) is 1.72. The molecule has 2 aromatic carbocycles. The van der Waals surface area contributed by atoms with Gasteiger partial charge in [0.25, 0.3) is 0 Å². The lowest BCUT2D eigenvalue weighted by molar-refractivity contribution is 0.112. The molecule has 0 unspecified atom stereocenters. The molecule has 5 nitrogen and oxygen atoms in total. The molecular weight excluding hydrogens is 292 g/mol. The largest absolute Gasteiger partial charge is 0.392 e. The molecule has 0 aliphatic rings. The fourth-order valence-corrected chi connectivity index (χ4v) is 2.68. The van der Waals surface area contributed by atoms with Crippen LogP contribution >= 0.6 is 0 Å². The molecule has 21 heavy (non-hydrogen) atoms. The van der Waals surface area contributed by atoms with E-state index in [-0.39, 0.29) is 21.8 Å². The van der Waals surface area contributed by atoms with Crippen molar-refractivity contribution in [2.24, 2.45) is 0 Å². The zero-order chi connectivity index (χ0) is 15.5. The van der Waals surface area contributed by atoms with Crippen LogP contribution in [0.1, 0.15) is 21.5 Å². The quantitative estimate of drug-likeness (QED) is 0.675. The van der Waals surface area contributed by atoms with Crippen LogP contribution in [0.25, 0.3) is 0 Å². The van der Waals surface area contributed by atoms with Crippen molar-refractivity contribution in [1.82, 2.24) is 0 Å². The van der Waals surface area contributed by atoms with E-state index in [4.69, 9.17) is 4.18 Å². The molecule has 0 heterocycles. The molecule has 2 rings (SSSR count). The van der Waals surface area contributed by atoms with Crippen LogP contribution in [0, 0.1) is 6.92 Å². The van der Waals surface area contributed by atoms with Crippen molar-refractivity contribution < 1.29 is 22.5 Å². The van der Waals surface area contributed by atoms with E-state index in [1.165, 1.54) is 30.3 Å².